The molecule has 1 aromatic rings. The van der Waals surface area contributed by atoms with Gasteiger partial charge in [-0.15, -0.1) is 0 Å². The predicted octanol–water partition coefficient (Wildman–Crippen LogP) is 0.433. The van der Waals surface area contributed by atoms with Crippen molar-refractivity contribution >= 4 is 17.6 Å². The first-order valence-electron chi connectivity index (χ1n) is 6.54. The van der Waals surface area contributed by atoms with Crippen LogP contribution in [0.5, 0.6) is 0 Å². The number of carboxylic acid groups (broad SMARTS) is 1. The molecule has 0 saturated carbocycles. The number of nitrogens with two attached hydrogens (primary N) is 1. The summed E-state index contributed by atoms with van der Waals surface area (Å²) in [6.45, 7) is 2.40. The number of carbonyl (C=O) groups excluding carboxylic acids is 1. The fourth-order valence-corrected chi connectivity index (χ4v) is 2.56. The molecule has 0 fully saturated rings. The van der Waals surface area contributed by atoms with Gasteiger partial charge in [0.2, 0.25) is 0 Å². The van der Waals surface area contributed by atoms with Gasteiger partial charge in [-0.05, 0) is 12.5 Å². The second-order valence-electron chi connectivity index (χ2n) is 4.98. The van der Waals surface area contributed by atoms with Crippen LogP contribution in [0.2, 0.25) is 0 Å². The molecule has 2 rings (SSSR count). The zero-order valence-corrected chi connectivity index (χ0v) is 11.2. The summed E-state index contributed by atoms with van der Waals surface area (Å²) in [5.74, 6) is -1.74. The molecule has 108 valence electrons. The molecule has 0 saturated heterocycles. The second kappa shape index (κ2) is 5.22. The molecule has 20 heavy (non-hydrogen) atoms. The molecule has 1 heterocycles. The molecule has 1 amide bonds. The van der Waals surface area contributed by atoms with Gasteiger partial charge in [-0.2, -0.15) is 0 Å². The van der Waals surface area contributed by atoms with Gasteiger partial charge >= 0.3 is 5.97 Å². The van der Waals surface area contributed by atoms with Gasteiger partial charge in [0.15, 0.2) is 5.60 Å². The van der Waals surface area contributed by atoms with Crippen molar-refractivity contribution in [1.29, 1.82) is 0 Å². The summed E-state index contributed by atoms with van der Waals surface area (Å²) in [4.78, 5) is 24.8. The van der Waals surface area contributed by atoms with Crippen LogP contribution in [0.4, 0.5) is 5.69 Å². The van der Waals surface area contributed by atoms with E-state index in [0.29, 0.717) is 17.8 Å². The number of aliphatic hydroxyl groups is 1. The molecule has 6 nitrogen and oxygen atoms in total. The van der Waals surface area contributed by atoms with E-state index in [2.05, 4.69) is 0 Å². The number of amides is 1. The Kier molecular flexibility index (Phi) is 3.78. The van der Waals surface area contributed by atoms with Crippen LogP contribution in [0, 0.1) is 0 Å². The lowest BCUT2D eigenvalue weighted by Crippen LogP contribution is -2.46. The van der Waals surface area contributed by atoms with Gasteiger partial charge in [0.05, 0.1) is 5.69 Å². The molecule has 1 aliphatic heterocycles. The first-order valence-corrected chi connectivity index (χ1v) is 6.54. The van der Waals surface area contributed by atoms with Crippen molar-refractivity contribution in [3.8, 4) is 0 Å². The summed E-state index contributed by atoms with van der Waals surface area (Å²) < 4.78 is 0. The standard InChI is InChI=1S/C14H18N2O4/c1-2-7-16-11-6-4-3-5-9(11)14(20,13(16)19)8-10(15)12(17)18/h3-6,10,20H,2,7-8,15H2,1H3,(H,17,18)/t10-,14-/m0/s1. The van der Waals surface area contributed by atoms with E-state index in [1.165, 1.54) is 4.90 Å². The van der Waals surface area contributed by atoms with E-state index in [1.54, 1.807) is 24.3 Å². The monoisotopic (exact) mass is 278 g/mol. The predicted molar refractivity (Wildman–Crippen MR) is 73.2 cm³/mol. The Morgan fingerprint density at radius 2 is 2.10 bits per heavy atom. The molecule has 0 radical (unpaired) electrons. The number of carboxylic acids is 1. The summed E-state index contributed by atoms with van der Waals surface area (Å²) in [6, 6.07) is 5.57. The van der Waals surface area contributed by atoms with Crippen LogP contribution in [0.3, 0.4) is 0 Å². The van der Waals surface area contributed by atoms with E-state index in [-0.39, 0.29) is 6.42 Å². The normalized spacial score (nSPS) is 22.8. The first kappa shape index (κ1) is 14.5. The molecule has 0 unspecified atom stereocenters. The fourth-order valence-electron chi connectivity index (χ4n) is 2.56. The van der Waals surface area contributed by atoms with Crippen molar-refractivity contribution in [2.24, 2.45) is 5.73 Å². The fraction of sp³-hybridized carbons (Fsp3) is 0.429. The number of hydrogen-bond acceptors (Lipinski definition) is 4. The topological polar surface area (TPSA) is 104 Å². The van der Waals surface area contributed by atoms with E-state index >= 15 is 0 Å². The smallest absolute Gasteiger partial charge is 0.320 e. The van der Waals surface area contributed by atoms with Gasteiger partial charge in [0.25, 0.3) is 5.91 Å². The van der Waals surface area contributed by atoms with Gasteiger partial charge < -0.3 is 20.8 Å². The van der Waals surface area contributed by atoms with Crippen LogP contribution in [0.15, 0.2) is 24.3 Å². The highest BCUT2D eigenvalue weighted by Crippen LogP contribution is 2.42. The number of aliphatic carboxylic acids is 1. The lowest BCUT2D eigenvalue weighted by atomic mass is 9.88. The average Bonchev–Trinajstić information content (AvgIpc) is 2.62. The van der Waals surface area contributed by atoms with E-state index in [9.17, 15) is 14.7 Å². The number of carbonyl (C=O) groups is 2. The number of rotatable bonds is 5. The number of nitrogens with zero attached hydrogens (tertiary/aromatic N) is 1. The van der Waals surface area contributed by atoms with Gasteiger partial charge in [-0.25, -0.2) is 0 Å². The molecule has 2 atom stereocenters. The minimum atomic E-state index is -1.86. The molecule has 0 aromatic heterocycles. The van der Waals surface area contributed by atoms with Gasteiger partial charge in [-0.3, -0.25) is 9.59 Å². The Morgan fingerprint density at radius 3 is 2.70 bits per heavy atom. The third kappa shape index (κ3) is 2.17. The number of para-hydroxylation sites is 1. The van der Waals surface area contributed by atoms with Gasteiger partial charge in [0, 0.05) is 18.5 Å². The molecular formula is C14H18N2O4. The summed E-state index contributed by atoms with van der Waals surface area (Å²) in [5.41, 5.74) is 4.68. The van der Waals surface area contributed by atoms with Crippen LogP contribution in [-0.4, -0.2) is 34.7 Å². The third-order valence-electron chi connectivity index (χ3n) is 3.52. The Hall–Kier alpha value is -1.92. The zero-order valence-electron chi connectivity index (χ0n) is 11.2. The molecular weight excluding hydrogens is 260 g/mol. The van der Waals surface area contributed by atoms with Crippen molar-refractivity contribution in [1.82, 2.24) is 0 Å². The van der Waals surface area contributed by atoms with Crippen molar-refractivity contribution in [3.05, 3.63) is 29.8 Å². The van der Waals surface area contributed by atoms with Crippen molar-refractivity contribution in [3.63, 3.8) is 0 Å². The Morgan fingerprint density at radius 1 is 1.45 bits per heavy atom. The quantitative estimate of drug-likeness (QED) is 0.724. The maximum absolute atomic E-state index is 12.5. The minimum Gasteiger partial charge on any atom is -0.480 e. The highest BCUT2D eigenvalue weighted by molar-refractivity contribution is 6.07. The van der Waals surface area contributed by atoms with E-state index in [4.69, 9.17) is 10.8 Å². The second-order valence-corrected chi connectivity index (χ2v) is 4.98. The van der Waals surface area contributed by atoms with E-state index in [1.807, 2.05) is 6.92 Å². The van der Waals surface area contributed by atoms with Crippen LogP contribution < -0.4 is 10.6 Å². The Balaban J connectivity index is 2.43. The van der Waals surface area contributed by atoms with Crippen LogP contribution in [0.25, 0.3) is 0 Å². The largest absolute Gasteiger partial charge is 0.480 e. The number of anilines is 1. The molecule has 4 N–H and O–H groups in total. The van der Waals surface area contributed by atoms with E-state index < -0.39 is 23.5 Å². The molecule has 0 aliphatic carbocycles. The van der Waals surface area contributed by atoms with Crippen molar-refractivity contribution in [2.45, 2.75) is 31.4 Å². The number of fused-ring (bicyclic) bond motifs is 1. The van der Waals surface area contributed by atoms with Crippen LogP contribution in [0.1, 0.15) is 25.3 Å². The summed E-state index contributed by atoms with van der Waals surface area (Å²) >= 11 is 0. The SMILES string of the molecule is CCCN1C(=O)[C@](O)(C[C@H](N)C(=O)O)c2ccccc21. The lowest BCUT2D eigenvalue weighted by Gasteiger charge is -2.24. The summed E-state index contributed by atoms with van der Waals surface area (Å²) in [6.07, 6.45) is 0.402. The lowest BCUT2D eigenvalue weighted by molar-refractivity contribution is -0.144. The third-order valence-corrected chi connectivity index (χ3v) is 3.52. The summed E-state index contributed by atoms with van der Waals surface area (Å²) in [7, 11) is 0. The molecule has 0 bridgehead atoms. The highest BCUT2D eigenvalue weighted by Gasteiger charge is 2.50. The molecule has 1 aliphatic rings. The van der Waals surface area contributed by atoms with Crippen LogP contribution in [-0.2, 0) is 15.2 Å². The molecule has 0 spiro atoms. The zero-order chi connectivity index (χ0) is 14.9. The number of hydrogen-bond donors (Lipinski definition) is 3. The molecule has 1 aromatic carbocycles. The van der Waals surface area contributed by atoms with Crippen molar-refractivity contribution < 1.29 is 19.8 Å². The minimum absolute atomic E-state index is 0.335. The highest BCUT2D eigenvalue weighted by atomic mass is 16.4. The van der Waals surface area contributed by atoms with Crippen molar-refractivity contribution in [2.75, 3.05) is 11.4 Å². The van der Waals surface area contributed by atoms with Gasteiger partial charge in [0.1, 0.15) is 6.04 Å². The Bertz CT molecular complexity index is 546. The van der Waals surface area contributed by atoms with E-state index in [0.717, 1.165) is 6.42 Å². The first-order chi connectivity index (χ1) is 9.41. The van der Waals surface area contributed by atoms with Crippen LogP contribution >= 0.6 is 0 Å². The maximum atomic E-state index is 12.5. The summed E-state index contributed by atoms with van der Waals surface area (Å²) in [5, 5.41) is 19.6. The molecule has 6 heteroatoms. The Labute approximate surface area is 116 Å². The maximum Gasteiger partial charge on any atom is 0.320 e. The number of benzene rings is 1. The average molecular weight is 278 g/mol. The van der Waals surface area contributed by atoms with Gasteiger partial charge in [-0.1, -0.05) is 25.1 Å².